The molecule has 2 rings (SSSR count). The van der Waals surface area contributed by atoms with Gasteiger partial charge < -0.3 is 10.6 Å². The van der Waals surface area contributed by atoms with E-state index in [-0.39, 0.29) is 11.9 Å². The van der Waals surface area contributed by atoms with E-state index in [0.29, 0.717) is 17.6 Å². The fraction of sp³-hybridized carbons (Fsp3) is 0.636. The van der Waals surface area contributed by atoms with Gasteiger partial charge >= 0.3 is 0 Å². The highest BCUT2D eigenvalue weighted by Crippen LogP contribution is 2.27. The number of rotatable bonds is 3. The summed E-state index contributed by atoms with van der Waals surface area (Å²) in [6.45, 7) is 3.97. The van der Waals surface area contributed by atoms with Crippen LogP contribution in [-0.2, 0) is 0 Å². The number of hydrogen-bond donors (Lipinski definition) is 1. The number of hydrogen-bond acceptors (Lipinski definition) is 3. The van der Waals surface area contributed by atoms with Gasteiger partial charge in [-0.25, -0.2) is 0 Å². The van der Waals surface area contributed by atoms with E-state index in [0.717, 1.165) is 12.8 Å². The molecule has 0 aromatic carbocycles. The van der Waals surface area contributed by atoms with Crippen molar-refractivity contribution in [2.24, 2.45) is 0 Å². The summed E-state index contributed by atoms with van der Waals surface area (Å²) in [6, 6.07) is 2.20. The summed E-state index contributed by atoms with van der Waals surface area (Å²) >= 11 is 0. The largest absolute Gasteiger partial charge is 0.382 e. The van der Waals surface area contributed by atoms with Crippen molar-refractivity contribution in [3.8, 4) is 0 Å². The van der Waals surface area contributed by atoms with Crippen molar-refractivity contribution < 1.29 is 4.79 Å². The van der Waals surface area contributed by atoms with E-state index in [2.05, 4.69) is 5.10 Å². The molecule has 0 saturated heterocycles. The van der Waals surface area contributed by atoms with Crippen molar-refractivity contribution in [1.29, 1.82) is 0 Å². The van der Waals surface area contributed by atoms with Crippen LogP contribution in [0.2, 0.25) is 0 Å². The summed E-state index contributed by atoms with van der Waals surface area (Å²) < 4.78 is 1.69. The lowest BCUT2D eigenvalue weighted by Crippen LogP contribution is -2.31. The van der Waals surface area contributed by atoms with Crippen LogP contribution in [0.25, 0.3) is 0 Å². The summed E-state index contributed by atoms with van der Waals surface area (Å²) in [5.41, 5.74) is 6.23. The molecule has 0 spiro atoms. The van der Waals surface area contributed by atoms with Gasteiger partial charge in [0.2, 0.25) is 0 Å². The van der Waals surface area contributed by atoms with Crippen LogP contribution in [0.4, 0.5) is 5.82 Å². The first-order valence-electron chi connectivity index (χ1n) is 5.63. The second-order valence-corrected chi connectivity index (χ2v) is 4.64. The van der Waals surface area contributed by atoms with Gasteiger partial charge in [0.05, 0.1) is 0 Å². The van der Waals surface area contributed by atoms with Crippen LogP contribution in [-0.4, -0.2) is 33.7 Å². The number of carbonyl (C=O) groups is 1. The van der Waals surface area contributed by atoms with Gasteiger partial charge in [-0.05, 0) is 26.7 Å². The number of anilines is 1. The first kappa shape index (κ1) is 11.0. The minimum absolute atomic E-state index is 0.0143. The van der Waals surface area contributed by atoms with Crippen LogP contribution >= 0.6 is 0 Å². The number of carbonyl (C=O) groups excluding carboxylic acids is 1. The van der Waals surface area contributed by atoms with E-state index >= 15 is 0 Å². The molecule has 0 atom stereocenters. The molecule has 1 heterocycles. The highest BCUT2D eigenvalue weighted by Gasteiger charge is 2.31. The Kier molecular flexibility index (Phi) is 2.61. The first-order chi connectivity index (χ1) is 7.50. The SMILES string of the molecule is CC(C)n1nc(N)cc1C(=O)N(C)C1CC1. The predicted octanol–water partition coefficient (Wildman–Crippen LogP) is 1.28. The Morgan fingerprint density at radius 1 is 1.62 bits per heavy atom. The van der Waals surface area contributed by atoms with Crippen molar-refractivity contribution >= 4 is 11.7 Å². The lowest BCUT2D eigenvalue weighted by Gasteiger charge is -2.18. The second-order valence-electron chi connectivity index (χ2n) is 4.64. The molecular formula is C11H18N4O. The standard InChI is InChI=1S/C11H18N4O/c1-7(2)15-9(6-10(12)13-15)11(16)14(3)8-4-5-8/h6-8H,4-5H2,1-3H3,(H2,12,13). The fourth-order valence-electron chi connectivity index (χ4n) is 1.78. The lowest BCUT2D eigenvalue weighted by molar-refractivity contribution is 0.0770. The molecule has 0 bridgehead atoms. The highest BCUT2D eigenvalue weighted by atomic mass is 16.2. The van der Waals surface area contributed by atoms with Crippen LogP contribution in [0, 0.1) is 0 Å². The number of amides is 1. The molecule has 1 fully saturated rings. The highest BCUT2D eigenvalue weighted by molar-refractivity contribution is 5.93. The summed E-state index contributed by atoms with van der Waals surface area (Å²) in [4.78, 5) is 14.0. The monoisotopic (exact) mass is 222 g/mol. The Bertz CT molecular complexity index is 406. The molecule has 1 aliphatic rings. The molecule has 0 unspecified atom stereocenters. The topological polar surface area (TPSA) is 64.2 Å². The first-order valence-corrected chi connectivity index (χ1v) is 5.63. The zero-order valence-corrected chi connectivity index (χ0v) is 9.97. The number of nitrogens with two attached hydrogens (primary N) is 1. The maximum absolute atomic E-state index is 12.2. The third-order valence-electron chi connectivity index (χ3n) is 2.88. The zero-order chi connectivity index (χ0) is 11.9. The average molecular weight is 222 g/mol. The molecule has 1 aromatic heterocycles. The van der Waals surface area contributed by atoms with Gasteiger partial charge in [0.25, 0.3) is 5.91 Å². The van der Waals surface area contributed by atoms with E-state index in [9.17, 15) is 4.79 Å². The minimum atomic E-state index is 0.0143. The van der Waals surface area contributed by atoms with Gasteiger partial charge in [0.15, 0.2) is 0 Å². The summed E-state index contributed by atoms with van der Waals surface area (Å²) in [7, 11) is 1.84. The van der Waals surface area contributed by atoms with Gasteiger partial charge in [-0.2, -0.15) is 5.10 Å². The summed E-state index contributed by atoms with van der Waals surface area (Å²) in [5, 5.41) is 4.14. The number of nitrogen functional groups attached to an aromatic ring is 1. The predicted molar refractivity (Wildman–Crippen MR) is 62.1 cm³/mol. The van der Waals surface area contributed by atoms with Crippen LogP contribution in [0.15, 0.2) is 6.07 Å². The van der Waals surface area contributed by atoms with Crippen molar-refractivity contribution in [3.05, 3.63) is 11.8 Å². The average Bonchev–Trinajstić information content (AvgIpc) is 2.99. The molecule has 2 N–H and O–H groups in total. The Morgan fingerprint density at radius 3 is 2.75 bits per heavy atom. The lowest BCUT2D eigenvalue weighted by atomic mass is 10.3. The minimum Gasteiger partial charge on any atom is -0.382 e. The second kappa shape index (κ2) is 3.81. The normalized spacial score (nSPS) is 15.5. The summed E-state index contributed by atoms with van der Waals surface area (Å²) in [5.74, 6) is 0.418. The Hall–Kier alpha value is -1.52. The van der Waals surface area contributed by atoms with E-state index in [1.54, 1.807) is 15.6 Å². The third kappa shape index (κ3) is 1.89. The van der Waals surface area contributed by atoms with E-state index in [1.807, 2.05) is 20.9 Å². The molecular weight excluding hydrogens is 204 g/mol. The Labute approximate surface area is 95.2 Å². The maximum atomic E-state index is 12.2. The zero-order valence-electron chi connectivity index (χ0n) is 9.97. The fourth-order valence-corrected chi connectivity index (χ4v) is 1.78. The quantitative estimate of drug-likeness (QED) is 0.838. The molecule has 0 radical (unpaired) electrons. The van der Waals surface area contributed by atoms with Gasteiger partial charge in [0, 0.05) is 25.2 Å². The third-order valence-corrected chi connectivity index (χ3v) is 2.88. The molecule has 5 heteroatoms. The molecule has 1 saturated carbocycles. The van der Waals surface area contributed by atoms with Crippen LogP contribution in [0.1, 0.15) is 43.2 Å². The van der Waals surface area contributed by atoms with Gasteiger partial charge in [-0.1, -0.05) is 0 Å². The maximum Gasteiger partial charge on any atom is 0.272 e. The van der Waals surface area contributed by atoms with Gasteiger partial charge in [-0.3, -0.25) is 9.48 Å². The van der Waals surface area contributed by atoms with Gasteiger partial charge in [0.1, 0.15) is 11.5 Å². The van der Waals surface area contributed by atoms with Crippen molar-refractivity contribution in [1.82, 2.24) is 14.7 Å². The van der Waals surface area contributed by atoms with Crippen LogP contribution in [0.5, 0.6) is 0 Å². The molecule has 88 valence electrons. The van der Waals surface area contributed by atoms with E-state index in [4.69, 9.17) is 5.73 Å². The van der Waals surface area contributed by atoms with Crippen molar-refractivity contribution in [2.75, 3.05) is 12.8 Å². The van der Waals surface area contributed by atoms with E-state index < -0.39 is 0 Å². The van der Waals surface area contributed by atoms with Gasteiger partial charge in [-0.15, -0.1) is 0 Å². The molecule has 1 aliphatic carbocycles. The number of nitrogens with zero attached hydrogens (tertiary/aromatic N) is 3. The molecule has 1 aromatic rings. The smallest absolute Gasteiger partial charge is 0.272 e. The van der Waals surface area contributed by atoms with Crippen LogP contribution < -0.4 is 5.73 Å². The Balaban J connectivity index is 2.27. The number of aromatic nitrogens is 2. The molecule has 16 heavy (non-hydrogen) atoms. The van der Waals surface area contributed by atoms with Crippen LogP contribution in [0.3, 0.4) is 0 Å². The van der Waals surface area contributed by atoms with E-state index in [1.165, 1.54) is 0 Å². The summed E-state index contributed by atoms with van der Waals surface area (Å²) in [6.07, 6.45) is 2.21. The van der Waals surface area contributed by atoms with Crippen molar-refractivity contribution in [3.63, 3.8) is 0 Å². The molecule has 0 aliphatic heterocycles. The van der Waals surface area contributed by atoms with Crippen molar-refractivity contribution in [2.45, 2.75) is 38.8 Å². The molecule has 5 nitrogen and oxygen atoms in total. The molecule has 1 amide bonds. The Morgan fingerprint density at radius 2 is 2.25 bits per heavy atom.